The van der Waals surface area contributed by atoms with Crippen LogP contribution in [0.2, 0.25) is 0 Å². The van der Waals surface area contributed by atoms with Crippen LogP contribution < -0.4 is 15.4 Å². The number of rotatable bonds is 4. The monoisotopic (exact) mass is 306 g/mol. The van der Waals surface area contributed by atoms with Gasteiger partial charge in [0.25, 0.3) is 0 Å². The molecule has 1 aromatic rings. The highest BCUT2D eigenvalue weighted by Crippen LogP contribution is 2.33. The number of carbonyl (C=O) groups is 1. The minimum Gasteiger partial charge on any atom is -0.494 e. The van der Waals surface area contributed by atoms with Crippen LogP contribution in [-0.2, 0) is 9.53 Å². The van der Waals surface area contributed by atoms with Crippen LogP contribution in [0.5, 0.6) is 5.75 Å². The van der Waals surface area contributed by atoms with E-state index in [2.05, 4.69) is 10.6 Å². The molecule has 0 unspecified atom stereocenters. The van der Waals surface area contributed by atoms with Gasteiger partial charge >= 0.3 is 5.97 Å². The summed E-state index contributed by atoms with van der Waals surface area (Å²) in [6.45, 7) is 4.26. The maximum absolute atomic E-state index is 12.1. The van der Waals surface area contributed by atoms with Crippen molar-refractivity contribution in [2.45, 2.75) is 19.9 Å². The Balaban J connectivity index is 2.51. The Labute approximate surface area is 129 Å². The second-order valence-corrected chi connectivity index (χ2v) is 4.94. The van der Waals surface area contributed by atoms with Crippen molar-refractivity contribution >= 4 is 23.3 Å². The summed E-state index contributed by atoms with van der Waals surface area (Å²) < 4.78 is 10.5. The van der Waals surface area contributed by atoms with Gasteiger partial charge in [-0.15, -0.1) is 0 Å². The van der Waals surface area contributed by atoms with Crippen molar-refractivity contribution in [1.82, 2.24) is 10.6 Å². The molecule has 0 radical (unpaired) electrons. The predicted molar refractivity (Wildman–Crippen MR) is 83.9 cm³/mol. The first-order valence-corrected chi connectivity index (χ1v) is 7.07. The molecular formula is C15H18N2O3S. The van der Waals surface area contributed by atoms with Crippen LogP contribution in [-0.4, -0.2) is 24.8 Å². The van der Waals surface area contributed by atoms with Crippen LogP contribution in [0.4, 0.5) is 0 Å². The highest BCUT2D eigenvalue weighted by Gasteiger charge is 2.32. The minimum absolute atomic E-state index is 0.394. The third-order valence-corrected chi connectivity index (χ3v) is 3.42. The molecule has 0 spiro atoms. The summed E-state index contributed by atoms with van der Waals surface area (Å²) in [5.41, 5.74) is 2.03. The lowest BCUT2D eigenvalue weighted by molar-refractivity contribution is -0.136. The molecule has 1 aromatic carbocycles. The van der Waals surface area contributed by atoms with Crippen molar-refractivity contribution in [3.05, 3.63) is 41.1 Å². The summed E-state index contributed by atoms with van der Waals surface area (Å²) in [6, 6.07) is 7.17. The topological polar surface area (TPSA) is 59.6 Å². The quantitative estimate of drug-likeness (QED) is 0.656. The number of allylic oxidation sites excluding steroid dienone is 1. The lowest BCUT2D eigenvalue weighted by atomic mass is 9.95. The molecule has 1 aliphatic heterocycles. The molecule has 0 aliphatic carbocycles. The molecule has 5 nitrogen and oxygen atoms in total. The lowest BCUT2D eigenvalue weighted by Crippen LogP contribution is -2.45. The third-order valence-electron chi connectivity index (χ3n) is 3.20. The molecule has 0 saturated carbocycles. The van der Waals surface area contributed by atoms with Gasteiger partial charge < -0.3 is 20.1 Å². The highest BCUT2D eigenvalue weighted by atomic mass is 32.1. The van der Waals surface area contributed by atoms with Gasteiger partial charge in [0.05, 0.1) is 25.3 Å². The fraction of sp³-hybridized carbons (Fsp3) is 0.333. The number of ether oxygens (including phenoxy) is 2. The minimum atomic E-state index is -0.397. The van der Waals surface area contributed by atoms with Gasteiger partial charge in [0, 0.05) is 11.3 Å². The van der Waals surface area contributed by atoms with E-state index in [4.69, 9.17) is 21.7 Å². The van der Waals surface area contributed by atoms with Crippen LogP contribution in [0, 0.1) is 0 Å². The summed E-state index contributed by atoms with van der Waals surface area (Å²) in [5, 5.41) is 6.53. The maximum atomic E-state index is 12.1. The highest BCUT2D eigenvalue weighted by molar-refractivity contribution is 7.80. The molecule has 0 saturated heterocycles. The number of nitrogens with one attached hydrogen (secondary N) is 2. The summed E-state index contributed by atoms with van der Waals surface area (Å²) in [4.78, 5) is 12.1. The molecule has 21 heavy (non-hydrogen) atoms. The number of benzene rings is 1. The first kappa shape index (κ1) is 15.3. The van der Waals surface area contributed by atoms with E-state index in [9.17, 15) is 4.79 Å². The van der Waals surface area contributed by atoms with Crippen molar-refractivity contribution < 1.29 is 14.3 Å². The molecule has 112 valence electrons. The molecule has 0 aromatic heterocycles. The van der Waals surface area contributed by atoms with Crippen LogP contribution in [0.25, 0.3) is 0 Å². The molecule has 6 heteroatoms. The molecule has 1 aliphatic rings. The number of methoxy groups -OCH3 is 1. The average Bonchev–Trinajstić information content (AvgIpc) is 2.46. The fourth-order valence-electron chi connectivity index (χ4n) is 2.31. The lowest BCUT2D eigenvalue weighted by Gasteiger charge is -2.30. The van der Waals surface area contributed by atoms with Gasteiger partial charge in [-0.05, 0) is 32.1 Å². The van der Waals surface area contributed by atoms with Gasteiger partial charge in [-0.3, -0.25) is 0 Å². The zero-order valence-electron chi connectivity index (χ0n) is 12.2. The second kappa shape index (κ2) is 6.58. The van der Waals surface area contributed by atoms with Crippen molar-refractivity contribution in [2.24, 2.45) is 0 Å². The van der Waals surface area contributed by atoms with Gasteiger partial charge in [0.15, 0.2) is 5.11 Å². The van der Waals surface area contributed by atoms with E-state index in [0.29, 0.717) is 23.0 Å². The number of hydrogen-bond donors (Lipinski definition) is 2. The SMILES string of the molecule is CCOc1ccccc1[C@@H]1NC(=S)NC(C)=C1C(=O)OC. The van der Waals surface area contributed by atoms with Gasteiger partial charge in [-0.2, -0.15) is 0 Å². The van der Waals surface area contributed by atoms with Crippen LogP contribution in [0.15, 0.2) is 35.5 Å². The van der Waals surface area contributed by atoms with E-state index in [-0.39, 0.29) is 0 Å². The summed E-state index contributed by atoms with van der Waals surface area (Å²) in [5.74, 6) is 0.322. The van der Waals surface area contributed by atoms with Gasteiger partial charge in [0.2, 0.25) is 0 Å². The first-order chi connectivity index (χ1) is 10.1. The predicted octanol–water partition coefficient (Wildman–Crippen LogP) is 2.05. The molecule has 1 heterocycles. The van der Waals surface area contributed by atoms with Crippen LogP contribution >= 0.6 is 12.2 Å². The van der Waals surface area contributed by atoms with Crippen molar-refractivity contribution in [3.63, 3.8) is 0 Å². The van der Waals surface area contributed by atoms with E-state index in [1.165, 1.54) is 7.11 Å². The van der Waals surface area contributed by atoms with E-state index in [1.54, 1.807) is 6.92 Å². The van der Waals surface area contributed by atoms with E-state index < -0.39 is 12.0 Å². The molecular weight excluding hydrogens is 288 g/mol. The third kappa shape index (κ3) is 3.16. The molecule has 0 bridgehead atoms. The van der Waals surface area contributed by atoms with Crippen LogP contribution in [0.1, 0.15) is 25.5 Å². The maximum Gasteiger partial charge on any atom is 0.337 e. The Morgan fingerprint density at radius 3 is 2.76 bits per heavy atom. The average molecular weight is 306 g/mol. The van der Waals surface area contributed by atoms with Gasteiger partial charge in [0.1, 0.15) is 5.75 Å². The van der Waals surface area contributed by atoms with Crippen molar-refractivity contribution in [3.8, 4) is 5.75 Å². The normalized spacial score (nSPS) is 17.9. The number of para-hydroxylation sites is 1. The molecule has 2 N–H and O–H groups in total. The number of esters is 1. The largest absolute Gasteiger partial charge is 0.494 e. The number of carbonyl (C=O) groups excluding carboxylic acids is 1. The Morgan fingerprint density at radius 1 is 1.38 bits per heavy atom. The van der Waals surface area contributed by atoms with Crippen molar-refractivity contribution in [2.75, 3.05) is 13.7 Å². The Kier molecular flexibility index (Phi) is 4.80. The van der Waals surface area contributed by atoms with E-state index in [1.807, 2.05) is 31.2 Å². The molecule has 0 amide bonds. The Bertz CT molecular complexity index is 598. The molecule has 2 rings (SSSR count). The summed E-state index contributed by atoms with van der Waals surface area (Å²) in [6.07, 6.45) is 0. The van der Waals surface area contributed by atoms with Gasteiger partial charge in [-0.1, -0.05) is 18.2 Å². The van der Waals surface area contributed by atoms with Crippen LogP contribution in [0.3, 0.4) is 0 Å². The Hall–Kier alpha value is -2.08. The number of thiocarbonyl (C=S) groups is 1. The zero-order chi connectivity index (χ0) is 15.4. The summed E-state index contributed by atoms with van der Waals surface area (Å²) in [7, 11) is 1.36. The zero-order valence-corrected chi connectivity index (χ0v) is 13.0. The van der Waals surface area contributed by atoms with E-state index in [0.717, 1.165) is 11.3 Å². The molecule has 1 atom stereocenters. The standard InChI is InChI=1S/C15H18N2O3S/c1-4-20-11-8-6-5-7-10(11)13-12(14(18)19-3)9(2)16-15(21)17-13/h5-8,13H,4H2,1-3H3,(H2,16,17,21)/t13-/m0/s1. The fourth-order valence-corrected chi connectivity index (χ4v) is 2.58. The first-order valence-electron chi connectivity index (χ1n) is 6.66. The number of hydrogen-bond acceptors (Lipinski definition) is 4. The summed E-state index contributed by atoms with van der Waals surface area (Å²) >= 11 is 5.19. The van der Waals surface area contributed by atoms with Crippen molar-refractivity contribution in [1.29, 1.82) is 0 Å². The smallest absolute Gasteiger partial charge is 0.337 e. The van der Waals surface area contributed by atoms with E-state index >= 15 is 0 Å². The molecule has 0 fully saturated rings. The second-order valence-electron chi connectivity index (χ2n) is 4.53. The Morgan fingerprint density at radius 2 is 2.10 bits per heavy atom. The van der Waals surface area contributed by atoms with Gasteiger partial charge in [-0.25, -0.2) is 4.79 Å².